The zero-order valence-electron chi connectivity index (χ0n) is 12.7. The summed E-state index contributed by atoms with van der Waals surface area (Å²) in [6, 6.07) is 0.474. The van der Waals surface area contributed by atoms with Gasteiger partial charge in [0.05, 0.1) is 12.5 Å². The van der Waals surface area contributed by atoms with Gasteiger partial charge in [0.25, 0.3) is 0 Å². The van der Waals surface area contributed by atoms with Crippen LogP contribution >= 0.6 is 0 Å². The minimum absolute atomic E-state index is 0.00762. The number of hydrogen-bond donors (Lipinski definition) is 1. The maximum absolute atomic E-state index is 11.8. The van der Waals surface area contributed by atoms with Crippen molar-refractivity contribution in [2.24, 2.45) is 11.8 Å². The number of esters is 1. The predicted molar refractivity (Wildman–Crippen MR) is 78.5 cm³/mol. The van der Waals surface area contributed by atoms with Crippen LogP contribution in [-0.4, -0.2) is 38.4 Å². The summed E-state index contributed by atoms with van der Waals surface area (Å²) in [5, 5.41) is 3.56. The Hall–Kier alpha value is -0.610. The highest BCUT2D eigenvalue weighted by atomic mass is 16.5. The fourth-order valence-electron chi connectivity index (χ4n) is 2.86. The lowest BCUT2D eigenvalue weighted by Crippen LogP contribution is -2.37. The molecule has 4 heteroatoms. The van der Waals surface area contributed by atoms with Crippen LogP contribution in [0.1, 0.15) is 51.9 Å². The van der Waals surface area contributed by atoms with Gasteiger partial charge in [-0.25, -0.2) is 0 Å². The molecular weight excluding hydrogens is 254 g/mol. The van der Waals surface area contributed by atoms with Crippen LogP contribution in [0, 0.1) is 11.8 Å². The van der Waals surface area contributed by atoms with Gasteiger partial charge in [0.15, 0.2) is 0 Å². The molecule has 4 nitrogen and oxygen atoms in total. The van der Waals surface area contributed by atoms with E-state index in [1.165, 1.54) is 19.3 Å². The standard InChI is InChI=1S/C16H29NO3/c1-2-20-16(18)14-5-3-6-15(11-14)17-9-4-10-19-12-13-7-8-13/h13-15,17H,2-12H2,1H3. The fourth-order valence-corrected chi connectivity index (χ4v) is 2.86. The largest absolute Gasteiger partial charge is 0.466 e. The number of ether oxygens (including phenoxy) is 2. The van der Waals surface area contributed by atoms with Gasteiger partial charge in [-0.3, -0.25) is 4.79 Å². The molecule has 2 atom stereocenters. The molecular formula is C16H29NO3. The zero-order valence-corrected chi connectivity index (χ0v) is 12.7. The van der Waals surface area contributed by atoms with Crippen LogP contribution in [0.15, 0.2) is 0 Å². The Labute approximate surface area is 122 Å². The number of nitrogens with one attached hydrogen (secondary N) is 1. The van der Waals surface area contributed by atoms with Gasteiger partial charge in [0, 0.05) is 19.3 Å². The normalized spacial score (nSPS) is 26.4. The van der Waals surface area contributed by atoms with Crippen molar-refractivity contribution in [2.75, 3.05) is 26.4 Å². The summed E-state index contributed by atoms with van der Waals surface area (Å²) in [5.41, 5.74) is 0. The maximum atomic E-state index is 11.8. The molecule has 0 saturated heterocycles. The lowest BCUT2D eigenvalue weighted by molar-refractivity contribution is -0.149. The van der Waals surface area contributed by atoms with Crippen molar-refractivity contribution in [3.8, 4) is 0 Å². The molecule has 20 heavy (non-hydrogen) atoms. The van der Waals surface area contributed by atoms with E-state index in [1.807, 2.05) is 6.92 Å². The minimum Gasteiger partial charge on any atom is -0.466 e. The number of hydrogen-bond acceptors (Lipinski definition) is 4. The first-order chi connectivity index (χ1) is 9.79. The third-order valence-electron chi connectivity index (χ3n) is 4.24. The molecule has 2 unspecified atom stereocenters. The van der Waals surface area contributed by atoms with Crippen molar-refractivity contribution in [3.63, 3.8) is 0 Å². The van der Waals surface area contributed by atoms with E-state index in [2.05, 4.69) is 5.32 Å². The van der Waals surface area contributed by atoms with Crippen LogP contribution in [0.2, 0.25) is 0 Å². The summed E-state index contributed by atoms with van der Waals surface area (Å²) in [5.74, 6) is 0.950. The molecule has 0 aromatic rings. The Kier molecular flexibility index (Phi) is 6.80. The highest BCUT2D eigenvalue weighted by molar-refractivity contribution is 5.72. The molecule has 1 N–H and O–H groups in total. The molecule has 2 rings (SSSR count). The van der Waals surface area contributed by atoms with Crippen LogP contribution < -0.4 is 5.32 Å². The van der Waals surface area contributed by atoms with Crippen LogP contribution in [0.25, 0.3) is 0 Å². The van der Waals surface area contributed by atoms with E-state index in [9.17, 15) is 4.79 Å². The van der Waals surface area contributed by atoms with Gasteiger partial charge in [0.2, 0.25) is 0 Å². The Morgan fingerprint density at radius 1 is 1.25 bits per heavy atom. The summed E-state index contributed by atoms with van der Waals surface area (Å²) in [7, 11) is 0. The Morgan fingerprint density at radius 2 is 2.10 bits per heavy atom. The smallest absolute Gasteiger partial charge is 0.308 e. The molecule has 0 heterocycles. The van der Waals surface area contributed by atoms with Crippen LogP contribution in [0.4, 0.5) is 0 Å². The first-order valence-corrected chi connectivity index (χ1v) is 8.27. The van der Waals surface area contributed by atoms with Crippen LogP contribution in [-0.2, 0) is 14.3 Å². The lowest BCUT2D eigenvalue weighted by Gasteiger charge is -2.28. The summed E-state index contributed by atoms with van der Waals surface area (Å²) in [6.45, 7) is 5.17. The molecule has 2 aliphatic rings. The van der Waals surface area contributed by atoms with E-state index in [4.69, 9.17) is 9.47 Å². The van der Waals surface area contributed by atoms with Crippen LogP contribution in [0.5, 0.6) is 0 Å². The maximum Gasteiger partial charge on any atom is 0.308 e. The molecule has 2 aliphatic carbocycles. The average Bonchev–Trinajstić information content (AvgIpc) is 3.27. The van der Waals surface area contributed by atoms with Crippen molar-refractivity contribution in [1.82, 2.24) is 5.32 Å². The third-order valence-corrected chi connectivity index (χ3v) is 4.24. The summed E-state index contributed by atoms with van der Waals surface area (Å²) in [4.78, 5) is 11.8. The van der Waals surface area contributed by atoms with Gasteiger partial charge in [-0.15, -0.1) is 0 Å². The Bertz CT molecular complexity index is 291. The van der Waals surface area contributed by atoms with Crippen molar-refractivity contribution in [3.05, 3.63) is 0 Å². The minimum atomic E-state index is -0.00762. The molecule has 0 aromatic heterocycles. The molecule has 0 radical (unpaired) electrons. The van der Waals surface area contributed by atoms with Gasteiger partial charge in [-0.2, -0.15) is 0 Å². The highest BCUT2D eigenvalue weighted by Gasteiger charge is 2.27. The Morgan fingerprint density at radius 3 is 2.85 bits per heavy atom. The van der Waals surface area contributed by atoms with Crippen molar-refractivity contribution in [2.45, 2.75) is 57.9 Å². The van der Waals surface area contributed by atoms with E-state index >= 15 is 0 Å². The second-order valence-corrected chi connectivity index (χ2v) is 6.14. The lowest BCUT2D eigenvalue weighted by atomic mass is 9.85. The van der Waals surface area contributed by atoms with Crippen molar-refractivity contribution >= 4 is 5.97 Å². The van der Waals surface area contributed by atoms with Gasteiger partial charge in [-0.05, 0) is 57.9 Å². The van der Waals surface area contributed by atoms with E-state index in [0.717, 1.165) is 51.4 Å². The molecule has 0 aliphatic heterocycles. The number of carbonyl (C=O) groups is 1. The SMILES string of the molecule is CCOC(=O)C1CCCC(NCCCOCC2CC2)C1. The molecule has 0 amide bonds. The van der Waals surface area contributed by atoms with Gasteiger partial charge < -0.3 is 14.8 Å². The van der Waals surface area contributed by atoms with E-state index in [0.29, 0.717) is 12.6 Å². The highest BCUT2D eigenvalue weighted by Crippen LogP contribution is 2.28. The van der Waals surface area contributed by atoms with Gasteiger partial charge in [-0.1, -0.05) is 6.42 Å². The number of rotatable bonds is 9. The predicted octanol–water partition coefficient (Wildman–Crippen LogP) is 2.51. The van der Waals surface area contributed by atoms with Crippen molar-refractivity contribution < 1.29 is 14.3 Å². The molecule has 2 saturated carbocycles. The molecule has 2 fully saturated rings. The summed E-state index contributed by atoms with van der Waals surface area (Å²) >= 11 is 0. The second-order valence-electron chi connectivity index (χ2n) is 6.14. The van der Waals surface area contributed by atoms with Gasteiger partial charge >= 0.3 is 5.97 Å². The molecule has 0 aromatic carbocycles. The third kappa shape index (κ3) is 5.80. The second kappa shape index (κ2) is 8.63. The van der Waals surface area contributed by atoms with Gasteiger partial charge in [0.1, 0.15) is 0 Å². The van der Waals surface area contributed by atoms with E-state index in [-0.39, 0.29) is 11.9 Å². The first kappa shape index (κ1) is 15.8. The summed E-state index contributed by atoms with van der Waals surface area (Å²) in [6.07, 6.45) is 8.00. The fraction of sp³-hybridized carbons (Fsp3) is 0.938. The quantitative estimate of drug-likeness (QED) is 0.522. The Balaban J connectivity index is 1.51. The zero-order chi connectivity index (χ0) is 14.2. The van der Waals surface area contributed by atoms with E-state index in [1.54, 1.807) is 0 Å². The van der Waals surface area contributed by atoms with Crippen molar-refractivity contribution in [1.29, 1.82) is 0 Å². The topological polar surface area (TPSA) is 47.6 Å². The molecule has 0 spiro atoms. The van der Waals surface area contributed by atoms with E-state index < -0.39 is 0 Å². The average molecular weight is 283 g/mol. The molecule has 0 bridgehead atoms. The number of carbonyl (C=O) groups excluding carboxylic acids is 1. The summed E-state index contributed by atoms with van der Waals surface area (Å²) < 4.78 is 10.8. The molecule has 116 valence electrons. The monoisotopic (exact) mass is 283 g/mol. The van der Waals surface area contributed by atoms with Crippen LogP contribution in [0.3, 0.4) is 0 Å². The first-order valence-electron chi connectivity index (χ1n) is 8.27.